The van der Waals surface area contributed by atoms with E-state index in [1.165, 1.54) is 10.9 Å². The minimum absolute atomic E-state index is 0. The highest BCUT2D eigenvalue weighted by molar-refractivity contribution is 7.90. The quantitative estimate of drug-likeness (QED) is 0.804. The van der Waals surface area contributed by atoms with Gasteiger partial charge in [-0.1, -0.05) is 12.1 Å². The van der Waals surface area contributed by atoms with Gasteiger partial charge in [-0.05, 0) is 49.9 Å². The molecule has 1 aliphatic carbocycles. The summed E-state index contributed by atoms with van der Waals surface area (Å²) in [6.07, 6.45) is 7.42. The minimum atomic E-state index is -3.37. The molecule has 1 saturated carbocycles. The summed E-state index contributed by atoms with van der Waals surface area (Å²) in [5.41, 5.74) is 1.22. The molecule has 4 rings (SSSR count). The van der Waals surface area contributed by atoms with E-state index < -0.39 is 9.84 Å². The van der Waals surface area contributed by atoms with Crippen molar-refractivity contribution in [1.29, 1.82) is 0 Å². The zero-order chi connectivity index (χ0) is 18.4. The summed E-state index contributed by atoms with van der Waals surface area (Å²) in [5, 5.41) is 10.5. The van der Waals surface area contributed by atoms with Crippen molar-refractivity contribution in [2.45, 2.75) is 24.2 Å². The second-order valence-corrected chi connectivity index (χ2v) is 9.26. The highest BCUT2D eigenvalue weighted by Crippen LogP contribution is 2.58. The smallest absolute Gasteiger partial charge is 0.228 e. The molecule has 0 bridgehead atoms. The summed E-state index contributed by atoms with van der Waals surface area (Å²) >= 11 is 0. The number of aromatic nitrogens is 2. The number of rotatable bonds is 4. The average molecular weight is 411 g/mol. The first-order chi connectivity index (χ1) is 12.4. The number of sulfone groups is 1. The van der Waals surface area contributed by atoms with Crippen molar-refractivity contribution in [3.05, 3.63) is 36.7 Å². The van der Waals surface area contributed by atoms with E-state index in [0.29, 0.717) is 11.4 Å². The van der Waals surface area contributed by atoms with Crippen LogP contribution in [0.3, 0.4) is 0 Å². The summed E-state index contributed by atoms with van der Waals surface area (Å²) in [6, 6.07) is 6.68. The Kier molecular flexibility index (Phi) is 5.33. The molecule has 1 aromatic carbocycles. The molecule has 2 heterocycles. The highest BCUT2D eigenvalue weighted by Gasteiger charge is 2.57. The molecule has 1 atom stereocenters. The van der Waals surface area contributed by atoms with Crippen molar-refractivity contribution in [2.75, 3.05) is 24.7 Å². The largest absolute Gasteiger partial charge is 0.323 e. The van der Waals surface area contributed by atoms with Gasteiger partial charge < -0.3 is 10.6 Å². The van der Waals surface area contributed by atoms with Crippen molar-refractivity contribution >= 4 is 33.8 Å². The maximum absolute atomic E-state index is 12.6. The van der Waals surface area contributed by atoms with Gasteiger partial charge in [0.15, 0.2) is 9.84 Å². The average Bonchev–Trinajstić information content (AvgIpc) is 3.10. The third-order valence-electron chi connectivity index (χ3n) is 5.47. The Labute approximate surface area is 164 Å². The van der Waals surface area contributed by atoms with Crippen molar-refractivity contribution < 1.29 is 13.2 Å². The first-order valence-electron chi connectivity index (χ1n) is 8.75. The van der Waals surface area contributed by atoms with E-state index >= 15 is 0 Å². The number of anilines is 1. The fourth-order valence-electron chi connectivity index (χ4n) is 3.90. The van der Waals surface area contributed by atoms with Gasteiger partial charge in [0.05, 0.1) is 28.7 Å². The maximum Gasteiger partial charge on any atom is 0.228 e. The molecule has 0 radical (unpaired) electrons. The van der Waals surface area contributed by atoms with Crippen LogP contribution in [0, 0.1) is 11.3 Å². The standard InChI is InChI=1S/C18H22N4O3S.ClH/c1-26(24,25)16-5-3-2-4-15(16)22-12-13(11-20-22)21-17(23)14-10-18(14)6-8-19-9-7-18;/h2-5,11-12,14,19H,6-10H2,1H3,(H,21,23);1H. The number of nitrogens with zero attached hydrogens (tertiary/aromatic N) is 2. The molecule has 1 saturated heterocycles. The van der Waals surface area contributed by atoms with Crippen LogP contribution in [-0.4, -0.2) is 43.5 Å². The van der Waals surface area contributed by atoms with Gasteiger partial charge >= 0.3 is 0 Å². The molecule has 1 aliphatic heterocycles. The molecular weight excluding hydrogens is 388 g/mol. The van der Waals surface area contributed by atoms with Crippen LogP contribution >= 0.6 is 12.4 Å². The Morgan fingerprint density at radius 2 is 2.00 bits per heavy atom. The van der Waals surface area contributed by atoms with Crippen molar-refractivity contribution in [3.63, 3.8) is 0 Å². The van der Waals surface area contributed by atoms with Gasteiger partial charge in [0.1, 0.15) is 0 Å². The number of nitrogens with one attached hydrogen (secondary N) is 2. The van der Waals surface area contributed by atoms with Crippen molar-refractivity contribution in [2.24, 2.45) is 11.3 Å². The highest BCUT2D eigenvalue weighted by atomic mass is 35.5. The van der Waals surface area contributed by atoms with E-state index in [0.717, 1.165) is 32.4 Å². The Balaban J connectivity index is 0.00000210. The molecule has 27 heavy (non-hydrogen) atoms. The molecule has 1 aromatic heterocycles. The number of piperidine rings is 1. The molecular formula is C18H23ClN4O3S. The molecule has 2 aromatic rings. The number of hydrogen-bond donors (Lipinski definition) is 2. The fourth-order valence-corrected chi connectivity index (χ4v) is 4.77. The van der Waals surface area contributed by atoms with Crippen LogP contribution in [0.5, 0.6) is 0 Å². The number of halogens is 1. The van der Waals surface area contributed by atoms with Crippen molar-refractivity contribution in [1.82, 2.24) is 15.1 Å². The Hall–Kier alpha value is -1.90. The van der Waals surface area contributed by atoms with Gasteiger partial charge in [0.2, 0.25) is 5.91 Å². The topological polar surface area (TPSA) is 93.1 Å². The van der Waals surface area contributed by atoms with E-state index in [1.54, 1.807) is 36.7 Å². The lowest BCUT2D eigenvalue weighted by atomic mass is 9.92. The van der Waals surface area contributed by atoms with E-state index in [4.69, 9.17) is 0 Å². The third kappa shape index (κ3) is 3.88. The van der Waals surface area contributed by atoms with Crippen LogP contribution in [0.25, 0.3) is 5.69 Å². The minimum Gasteiger partial charge on any atom is -0.323 e. The van der Waals surface area contributed by atoms with Crippen LogP contribution in [0.2, 0.25) is 0 Å². The predicted octanol–water partition coefficient (Wildman–Crippen LogP) is 2.03. The SMILES string of the molecule is CS(=O)(=O)c1ccccc1-n1cc(NC(=O)C2CC23CCNCC3)cn1.Cl. The summed E-state index contributed by atoms with van der Waals surface area (Å²) in [4.78, 5) is 12.8. The third-order valence-corrected chi connectivity index (χ3v) is 6.61. The zero-order valence-corrected chi connectivity index (χ0v) is 16.6. The molecule has 1 amide bonds. The Bertz CT molecular complexity index is 951. The van der Waals surface area contributed by atoms with Crippen LogP contribution in [-0.2, 0) is 14.6 Å². The van der Waals surface area contributed by atoms with Gasteiger partial charge in [0.25, 0.3) is 0 Å². The van der Waals surface area contributed by atoms with E-state index in [9.17, 15) is 13.2 Å². The van der Waals surface area contributed by atoms with E-state index in [-0.39, 0.29) is 34.5 Å². The second-order valence-electron chi connectivity index (χ2n) is 7.27. The fraction of sp³-hybridized carbons (Fsp3) is 0.444. The number of carbonyl (C=O) groups is 1. The van der Waals surface area contributed by atoms with Crippen molar-refractivity contribution in [3.8, 4) is 5.69 Å². The first kappa shape index (κ1) is 19.9. The summed E-state index contributed by atoms with van der Waals surface area (Å²) in [7, 11) is -3.37. The molecule has 7 nitrogen and oxygen atoms in total. The number of para-hydroxylation sites is 1. The lowest BCUT2D eigenvalue weighted by molar-refractivity contribution is -0.118. The second kappa shape index (κ2) is 7.26. The van der Waals surface area contributed by atoms with E-state index in [2.05, 4.69) is 15.7 Å². The van der Waals surface area contributed by atoms with Gasteiger partial charge in [-0.15, -0.1) is 12.4 Å². The number of amides is 1. The zero-order valence-electron chi connectivity index (χ0n) is 15.0. The van der Waals surface area contributed by atoms with Crippen LogP contribution < -0.4 is 10.6 Å². The number of benzene rings is 1. The lowest BCUT2D eigenvalue weighted by Crippen LogP contribution is -2.31. The summed E-state index contributed by atoms with van der Waals surface area (Å²) < 4.78 is 25.4. The summed E-state index contributed by atoms with van der Waals surface area (Å²) in [6.45, 7) is 1.95. The molecule has 1 spiro atoms. The van der Waals surface area contributed by atoms with Gasteiger partial charge in [0, 0.05) is 12.2 Å². The van der Waals surface area contributed by atoms with Crippen LogP contribution in [0.4, 0.5) is 5.69 Å². The summed E-state index contributed by atoms with van der Waals surface area (Å²) in [5.74, 6) is 0.0964. The van der Waals surface area contributed by atoms with Crippen LogP contribution in [0.15, 0.2) is 41.6 Å². The van der Waals surface area contributed by atoms with E-state index in [1.807, 2.05) is 0 Å². The van der Waals surface area contributed by atoms with Gasteiger partial charge in [-0.3, -0.25) is 4.79 Å². The van der Waals surface area contributed by atoms with Gasteiger partial charge in [-0.2, -0.15) is 5.10 Å². The van der Waals surface area contributed by atoms with Crippen LogP contribution in [0.1, 0.15) is 19.3 Å². The molecule has 2 N–H and O–H groups in total. The molecule has 146 valence electrons. The molecule has 9 heteroatoms. The monoisotopic (exact) mass is 410 g/mol. The Morgan fingerprint density at radius 3 is 2.70 bits per heavy atom. The number of carbonyl (C=O) groups excluding carboxylic acids is 1. The predicted molar refractivity (Wildman–Crippen MR) is 105 cm³/mol. The number of hydrogen-bond acceptors (Lipinski definition) is 5. The molecule has 1 unspecified atom stereocenters. The normalized spacial score (nSPS) is 20.7. The maximum atomic E-state index is 12.6. The first-order valence-corrected chi connectivity index (χ1v) is 10.6. The molecule has 2 aliphatic rings. The lowest BCUT2D eigenvalue weighted by Gasteiger charge is -2.23. The molecule has 2 fully saturated rings. The Morgan fingerprint density at radius 1 is 1.30 bits per heavy atom. The van der Waals surface area contributed by atoms with Gasteiger partial charge in [-0.25, -0.2) is 13.1 Å².